The fourth-order valence-corrected chi connectivity index (χ4v) is 1.49. The molecule has 3 N–H and O–H groups in total. The molecule has 1 aliphatic carbocycles. The van der Waals surface area contributed by atoms with E-state index >= 15 is 0 Å². The highest BCUT2D eigenvalue weighted by atomic mass is 127. The number of aliphatic imine (C=N–C) groups is 1. The number of anilines is 1. The maximum Gasteiger partial charge on any atom is 0.193 e. The number of ether oxygens (including phenoxy) is 1. The summed E-state index contributed by atoms with van der Waals surface area (Å²) in [6.07, 6.45) is 2.31. The molecule has 2 rings (SSSR count). The molecule has 5 heteroatoms. The topological polar surface area (TPSA) is 59.6 Å². The summed E-state index contributed by atoms with van der Waals surface area (Å²) < 4.78 is 5.12. The Morgan fingerprint density at radius 1 is 1.47 bits per heavy atom. The molecule has 1 fully saturated rings. The van der Waals surface area contributed by atoms with Gasteiger partial charge in [0.2, 0.25) is 0 Å². The minimum atomic E-state index is 0. The van der Waals surface area contributed by atoms with Crippen LogP contribution in [0.1, 0.15) is 18.4 Å². The van der Waals surface area contributed by atoms with Crippen LogP contribution in [0.4, 0.5) is 5.69 Å². The molecule has 0 amide bonds. The number of nitrogens with one attached hydrogen (secondary N) is 1. The first kappa shape index (κ1) is 14.2. The van der Waals surface area contributed by atoms with Crippen molar-refractivity contribution in [3.8, 4) is 0 Å². The number of benzene rings is 1. The number of rotatable bonds is 4. The van der Waals surface area contributed by atoms with E-state index in [-0.39, 0.29) is 24.0 Å². The second-order valence-electron chi connectivity index (χ2n) is 3.96. The SMILES string of the molecule is COCc1ccccc1NC(N)=NC1CC1.I. The Hall–Kier alpha value is -0.820. The van der Waals surface area contributed by atoms with Crippen LogP contribution < -0.4 is 11.1 Å². The molecular formula is C12H18IN3O. The summed E-state index contributed by atoms with van der Waals surface area (Å²) in [6, 6.07) is 8.36. The number of para-hydroxylation sites is 1. The van der Waals surface area contributed by atoms with Gasteiger partial charge in [0.05, 0.1) is 12.6 Å². The Bertz CT molecular complexity index is 391. The van der Waals surface area contributed by atoms with E-state index in [1.165, 1.54) is 0 Å². The predicted octanol–water partition coefficient (Wildman–Crippen LogP) is 2.34. The van der Waals surface area contributed by atoms with E-state index in [0.717, 1.165) is 24.1 Å². The smallest absolute Gasteiger partial charge is 0.193 e. The van der Waals surface area contributed by atoms with Crippen LogP contribution in [0.3, 0.4) is 0 Å². The summed E-state index contributed by atoms with van der Waals surface area (Å²) in [5, 5.41) is 3.11. The number of hydrogen-bond donors (Lipinski definition) is 2. The highest BCUT2D eigenvalue weighted by Crippen LogP contribution is 2.23. The Morgan fingerprint density at radius 2 is 2.18 bits per heavy atom. The molecule has 0 aliphatic heterocycles. The first-order valence-electron chi connectivity index (χ1n) is 5.46. The lowest BCUT2D eigenvalue weighted by Gasteiger charge is -2.10. The number of methoxy groups -OCH3 is 1. The number of guanidine groups is 1. The number of nitrogens with two attached hydrogens (primary N) is 1. The summed E-state index contributed by atoms with van der Waals surface area (Å²) in [5.41, 5.74) is 7.86. The van der Waals surface area contributed by atoms with E-state index in [0.29, 0.717) is 18.6 Å². The van der Waals surface area contributed by atoms with Crippen LogP contribution in [0.2, 0.25) is 0 Å². The van der Waals surface area contributed by atoms with Crippen molar-refractivity contribution in [1.29, 1.82) is 0 Å². The lowest BCUT2D eigenvalue weighted by Crippen LogP contribution is -2.23. The van der Waals surface area contributed by atoms with Crippen LogP contribution in [0.5, 0.6) is 0 Å². The van der Waals surface area contributed by atoms with Gasteiger partial charge in [0.25, 0.3) is 0 Å². The molecule has 0 unspecified atom stereocenters. The van der Waals surface area contributed by atoms with Gasteiger partial charge in [-0.2, -0.15) is 0 Å². The fraction of sp³-hybridized carbons (Fsp3) is 0.417. The summed E-state index contributed by atoms with van der Waals surface area (Å²) in [4.78, 5) is 4.33. The van der Waals surface area contributed by atoms with Gasteiger partial charge in [-0.05, 0) is 18.9 Å². The third kappa shape index (κ3) is 4.51. The van der Waals surface area contributed by atoms with Crippen molar-refractivity contribution in [2.24, 2.45) is 10.7 Å². The molecule has 0 atom stereocenters. The molecule has 4 nitrogen and oxygen atoms in total. The number of hydrogen-bond acceptors (Lipinski definition) is 2. The Labute approximate surface area is 119 Å². The zero-order chi connectivity index (χ0) is 11.4. The second kappa shape index (κ2) is 6.80. The molecular weight excluding hydrogens is 329 g/mol. The Morgan fingerprint density at radius 3 is 2.82 bits per heavy atom. The van der Waals surface area contributed by atoms with Gasteiger partial charge in [0.15, 0.2) is 5.96 Å². The average molecular weight is 347 g/mol. The van der Waals surface area contributed by atoms with Gasteiger partial charge in [-0.15, -0.1) is 24.0 Å². The van der Waals surface area contributed by atoms with Crippen molar-refractivity contribution in [3.63, 3.8) is 0 Å². The summed E-state index contributed by atoms with van der Waals surface area (Å²) >= 11 is 0. The predicted molar refractivity (Wildman–Crippen MR) is 80.8 cm³/mol. The number of halogens is 1. The standard InChI is InChI=1S/C12H17N3O.HI/c1-16-8-9-4-2-3-5-11(9)15-12(13)14-10-6-7-10;/h2-5,10H,6-8H2,1H3,(H3,13,14,15);1H. The van der Waals surface area contributed by atoms with E-state index < -0.39 is 0 Å². The zero-order valence-corrected chi connectivity index (χ0v) is 12.2. The number of nitrogens with zero attached hydrogens (tertiary/aromatic N) is 1. The van der Waals surface area contributed by atoms with Crippen molar-refractivity contribution < 1.29 is 4.74 Å². The van der Waals surface area contributed by atoms with E-state index in [4.69, 9.17) is 10.5 Å². The van der Waals surface area contributed by atoms with Gasteiger partial charge >= 0.3 is 0 Å². The minimum Gasteiger partial charge on any atom is -0.380 e. The van der Waals surface area contributed by atoms with E-state index in [1.807, 2.05) is 24.3 Å². The minimum absolute atomic E-state index is 0. The van der Waals surface area contributed by atoms with E-state index in [9.17, 15) is 0 Å². The summed E-state index contributed by atoms with van der Waals surface area (Å²) in [7, 11) is 1.68. The first-order chi connectivity index (χ1) is 7.79. The first-order valence-corrected chi connectivity index (χ1v) is 5.46. The maximum absolute atomic E-state index is 5.81. The molecule has 0 saturated heterocycles. The molecule has 1 saturated carbocycles. The largest absolute Gasteiger partial charge is 0.380 e. The highest BCUT2D eigenvalue weighted by Gasteiger charge is 2.20. The lowest BCUT2D eigenvalue weighted by atomic mass is 10.2. The van der Waals surface area contributed by atoms with Crippen molar-refractivity contribution in [1.82, 2.24) is 0 Å². The summed E-state index contributed by atoms with van der Waals surface area (Å²) in [6.45, 7) is 0.569. The van der Waals surface area contributed by atoms with Crippen molar-refractivity contribution in [2.45, 2.75) is 25.5 Å². The molecule has 17 heavy (non-hydrogen) atoms. The van der Waals surface area contributed by atoms with Gasteiger partial charge in [-0.1, -0.05) is 18.2 Å². The van der Waals surface area contributed by atoms with Crippen molar-refractivity contribution in [3.05, 3.63) is 29.8 Å². The molecule has 0 radical (unpaired) electrons. The monoisotopic (exact) mass is 347 g/mol. The van der Waals surface area contributed by atoms with Crippen LogP contribution in [-0.4, -0.2) is 19.1 Å². The van der Waals surface area contributed by atoms with Gasteiger partial charge in [-0.3, -0.25) is 0 Å². The van der Waals surface area contributed by atoms with Gasteiger partial charge < -0.3 is 15.8 Å². The molecule has 1 aliphatic rings. The normalized spacial score (nSPS) is 15.2. The van der Waals surface area contributed by atoms with Crippen LogP contribution in [-0.2, 0) is 11.3 Å². The van der Waals surface area contributed by atoms with Crippen LogP contribution in [0.25, 0.3) is 0 Å². The summed E-state index contributed by atoms with van der Waals surface area (Å²) in [5.74, 6) is 0.492. The Kier molecular flexibility index (Phi) is 5.70. The van der Waals surface area contributed by atoms with Crippen molar-refractivity contribution >= 4 is 35.6 Å². The van der Waals surface area contributed by atoms with Crippen molar-refractivity contribution in [2.75, 3.05) is 12.4 Å². The molecule has 0 heterocycles. The molecule has 0 spiro atoms. The quantitative estimate of drug-likeness (QED) is 0.499. The van der Waals surface area contributed by atoms with Crippen LogP contribution >= 0.6 is 24.0 Å². The van der Waals surface area contributed by atoms with Crippen LogP contribution in [0.15, 0.2) is 29.3 Å². The molecule has 94 valence electrons. The fourth-order valence-electron chi connectivity index (χ4n) is 1.49. The molecule has 1 aromatic rings. The van der Waals surface area contributed by atoms with E-state index in [2.05, 4.69) is 10.3 Å². The van der Waals surface area contributed by atoms with Gasteiger partial charge in [0, 0.05) is 18.4 Å². The molecule has 1 aromatic carbocycles. The molecule has 0 bridgehead atoms. The average Bonchev–Trinajstić information content (AvgIpc) is 3.05. The van der Waals surface area contributed by atoms with Crippen LogP contribution in [0, 0.1) is 0 Å². The van der Waals surface area contributed by atoms with E-state index in [1.54, 1.807) is 7.11 Å². The zero-order valence-electron chi connectivity index (χ0n) is 9.85. The third-order valence-electron chi connectivity index (χ3n) is 2.45. The molecule has 0 aromatic heterocycles. The maximum atomic E-state index is 5.81. The third-order valence-corrected chi connectivity index (χ3v) is 2.45. The van der Waals surface area contributed by atoms with Gasteiger partial charge in [0.1, 0.15) is 0 Å². The Balaban J connectivity index is 0.00000144. The lowest BCUT2D eigenvalue weighted by molar-refractivity contribution is 0.185. The van der Waals surface area contributed by atoms with Gasteiger partial charge in [-0.25, -0.2) is 4.99 Å². The highest BCUT2D eigenvalue weighted by molar-refractivity contribution is 14.0. The second-order valence-corrected chi connectivity index (χ2v) is 3.96.